The minimum absolute atomic E-state index is 0.107. The van der Waals surface area contributed by atoms with Crippen LogP contribution in [0.5, 0.6) is 0 Å². The lowest BCUT2D eigenvalue weighted by atomic mass is 10.1. The first-order chi connectivity index (χ1) is 17.3. The van der Waals surface area contributed by atoms with Gasteiger partial charge in [-0.05, 0) is 37.1 Å². The van der Waals surface area contributed by atoms with Crippen LogP contribution in [0.3, 0.4) is 0 Å². The first-order valence-corrected chi connectivity index (χ1v) is 14.0. The van der Waals surface area contributed by atoms with Crippen molar-refractivity contribution in [2.45, 2.75) is 25.5 Å². The Morgan fingerprint density at radius 1 is 1.11 bits per heavy atom. The molecule has 4 aromatic heterocycles. The number of pyridine rings is 2. The molecule has 1 N–H and O–H groups in total. The average molecular weight is 542 g/mol. The molecule has 0 spiro atoms. The quantitative estimate of drug-likeness (QED) is 0.345. The van der Waals surface area contributed by atoms with Crippen LogP contribution in [0.2, 0.25) is 10.0 Å². The Labute approximate surface area is 217 Å². The molecule has 1 saturated heterocycles. The molecule has 0 amide bonds. The molecule has 0 bridgehead atoms. The summed E-state index contributed by atoms with van der Waals surface area (Å²) in [6.07, 6.45) is 8.60. The summed E-state index contributed by atoms with van der Waals surface area (Å²) in [5.74, 6) is 0.347. The molecule has 6 rings (SSSR count). The van der Waals surface area contributed by atoms with Gasteiger partial charge in [-0.15, -0.1) is 0 Å². The molecule has 1 aromatic carbocycles. The van der Waals surface area contributed by atoms with E-state index in [9.17, 15) is 13.5 Å². The zero-order valence-corrected chi connectivity index (χ0v) is 21.3. The summed E-state index contributed by atoms with van der Waals surface area (Å²) in [4.78, 5) is 9.46. The fourth-order valence-corrected chi connectivity index (χ4v) is 7.13. The van der Waals surface area contributed by atoms with Crippen LogP contribution in [0.1, 0.15) is 24.6 Å². The number of aliphatic hydroxyl groups excluding tert-OH is 1. The summed E-state index contributed by atoms with van der Waals surface area (Å²) in [6.45, 7) is -0.256. The molecule has 1 aliphatic rings. The van der Waals surface area contributed by atoms with Crippen molar-refractivity contribution < 1.29 is 13.5 Å². The number of benzene rings is 1. The third-order valence-electron chi connectivity index (χ3n) is 6.65. The highest BCUT2D eigenvalue weighted by atomic mass is 35.5. The number of aromatic nitrogens is 5. The summed E-state index contributed by atoms with van der Waals surface area (Å²) in [5, 5.41) is 16.3. The van der Waals surface area contributed by atoms with E-state index in [-0.39, 0.29) is 24.2 Å². The van der Waals surface area contributed by atoms with Gasteiger partial charge in [0.15, 0.2) is 9.84 Å². The van der Waals surface area contributed by atoms with Gasteiger partial charge in [-0.3, -0.25) is 9.67 Å². The number of sulfone groups is 1. The van der Waals surface area contributed by atoms with Crippen LogP contribution in [-0.2, 0) is 16.4 Å². The van der Waals surface area contributed by atoms with Crippen LogP contribution in [0, 0.1) is 0 Å². The van der Waals surface area contributed by atoms with Gasteiger partial charge in [0.25, 0.3) is 0 Å². The van der Waals surface area contributed by atoms with E-state index in [1.54, 1.807) is 35.3 Å². The van der Waals surface area contributed by atoms with Crippen LogP contribution in [0.25, 0.3) is 38.9 Å². The van der Waals surface area contributed by atoms with Crippen molar-refractivity contribution in [1.82, 2.24) is 24.1 Å². The number of imidazole rings is 1. The van der Waals surface area contributed by atoms with Gasteiger partial charge in [-0.1, -0.05) is 29.3 Å². The smallest absolute Gasteiger partial charge is 0.152 e. The van der Waals surface area contributed by atoms with Gasteiger partial charge in [0.2, 0.25) is 0 Å². The Morgan fingerprint density at radius 3 is 2.67 bits per heavy atom. The van der Waals surface area contributed by atoms with E-state index in [4.69, 9.17) is 28.2 Å². The van der Waals surface area contributed by atoms with E-state index in [2.05, 4.69) is 10.1 Å². The topological polar surface area (TPSA) is 102 Å². The first kappa shape index (κ1) is 23.4. The fourth-order valence-electron chi connectivity index (χ4n) is 4.88. The molecule has 11 heteroatoms. The van der Waals surface area contributed by atoms with Crippen molar-refractivity contribution in [1.29, 1.82) is 0 Å². The standard InChI is InChI=1S/C25H21Cl2N5O3S/c26-19-4-1-5-20(27)23(19)24-22(13-33)31-7-6-21-18(25(31)30-24)9-15(10-28-21)16-11-29-32(12-16)17-3-2-8-36(34,35)14-17/h1,4-7,9-12,17,33H,2-3,8,13-14H2. The summed E-state index contributed by atoms with van der Waals surface area (Å²) in [6, 6.07) is 8.91. The van der Waals surface area contributed by atoms with Crippen LogP contribution >= 0.6 is 23.2 Å². The van der Waals surface area contributed by atoms with Gasteiger partial charge in [-0.25, -0.2) is 13.4 Å². The minimum atomic E-state index is -3.05. The molecule has 0 aliphatic carbocycles. The molecule has 5 aromatic rings. The number of fused-ring (bicyclic) bond motifs is 3. The van der Waals surface area contributed by atoms with E-state index in [1.165, 1.54) is 0 Å². The molecule has 1 atom stereocenters. The average Bonchev–Trinajstić information content (AvgIpc) is 3.48. The lowest BCUT2D eigenvalue weighted by Crippen LogP contribution is -2.27. The zero-order valence-electron chi connectivity index (χ0n) is 19.0. The minimum Gasteiger partial charge on any atom is -0.390 e. The van der Waals surface area contributed by atoms with Gasteiger partial charge in [0.05, 0.1) is 57.3 Å². The number of hydrogen-bond acceptors (Lipinski definition) is 6. The Kier molecular flexibility index (Phi) is 5.75. The Morgan fingerprint density at radius 2 is 1.92 bits per heavy atom. The molecule has 8 nitrogen and oxygen atoms in total. The molecule has 1 unspecified atom stereocenters. The van der Waals surface area contributed by atoms with Crippen LogP contribution in [-0.4, -0.2) is 49.2 Å². The molecule has 1 aliphatic heterocycles. The largest absolute Gasteiger partial charge is 0.390 e. The lowest BCUT2D eigenvalue weighted by molar-refractivity contribution is 0.276. The van der Waals surface area contributed by atoms with Crippen molar-refractivity contribution in [3.63, 3.8) is 0 Å². The molecule has 36 heavy (non-hydrogen) atoms. The Balaban J connectivity index is 1.47. The SMILES string of the molecule is O=S1(=O)CCCC(n2cc(-c3cnc4ccn5c(CO)c(-c6c(Cl)cccc6Cl)nc5c4c3)cn2)C1. The van der Waals surface area contributed by atoms with Gasteiger partial charge in [0, 0.05) is 40.7 Å². The maximum absolute atomic E-state index is 12.1. The molecule has 5 heterocycles. The molecular weight excluding hydrogens is 521 g/mol. The number of nitrogens with zero attached hydrogens (tertiary/aromatic N) is 5. The second-order valence-corrected chi connectivity index (χ2v) is 12.0. The van der Waals surface area contributed by atoms with Crippen LogP contribution < -0.4 is 0 Å². The van der Waals surface area contributed by atoms with Gasteiger partial charge in [0.1, 0.15) is 5.65 Å². The highest BCUT2D eigenvalue weighted by Gasteiger charge is 2.27. The second-order valence-electron chi connectivity index (χ2n) is 8.95. The molecule has 0 saturated carbocycles. The summed E-state index contributed by atoms with van der Waals surface area (Å²) in [7, 11) is -3.05. The van der Waals surface area contributed by atoms with E-state index < -0.39 is 9.84 Å². The predicted molar refractivity (Wildman–Crippen MR) is 140 cm³/mol. The monoisotopic (exact) mass is 541 g/mol. The highest BCUT2D eigenvalue weighted by Crippen LogP contribution is 2.38. The van der Waals surface area contributed by atoms with E-state index >= 15 is 0 Å². The Hall–Kier alpha value is -2.98. The summed E-state index contributed by atoms with van der Waals surface area (Å²) in [5.41, 5.74) is 4.65. The van der Waals surface area contributed by atoms with Crippen LogP contribution in [0.4, 0.5) is 0 Å². The van der Waals surface area contributed by atoms with Crippen molar-refractivity contribution in [2.75, 3.05) is 11.5 Å². The number of rotatable bonds is 4. The van der Waals surface area contributed by atoms with Gasteiger partial charge in [-0.2, -0.15) is 5.10 Å². The first-order valence-electron chi connectivity index (χ1n) is 11.4. The molecular formula is C25H21Cl2N5O3S. The normalized spacial score (nSPS) is 17.7. The highest BCUT2D eigenvalue weighted by molar-refractivity contribution is 7.91. The van der Waals surface area contributed by atoms with E-state index in [0.29, 0.717) is 39.1 Å². The maximum atomic E-state index is 12.1. The fraction of sp³-hybridized carbons (Fsp3) is 0.240. The second kappa shape index (κ2) is 8.85. The maximum Gasteiger partial charge on any atom is 0.152 e. The van der Waals surface area contributed by atoms with Crippen molar-refractivity contribution >= 4 is 49.6 Å². The number of aliphatic hydroxyl groups is 1. The Bertz CT molecular complexity index is 1730. The van der Waals surface area contributed by atoms with E-state index in [0.717, 1.165) is 28.5 Å². The number of halogens is 2. The molecule has 184 valence electrons. The molecule has 1 fully saturated rings. The predicted octanol–water partition coefficient (Wildman–Crippen LogP) is 4.96. The van der Waals surface area contributed by atoms with E-state index in [1.807, 2.05) is 28.9 Å². The van der Waals surface area contributed by atoms with Crippen molar-refractivity contribution in [3.8, 4) is 22.4 Å². The summed E-state index contributed by atoms with van der Waals surface area (Å²) < 4.78 is 27.7. The van der Waals surface area contributed by atoms with Gasteiger partial charge < -0.3 is 9.51 Å². The van der Waals surface area contributed by atoms with Crippen molar-refractivity contribution in [3.05, 3.63) is 70.9 Å². The summed E-state index contributed by atoms with van der Waals surface area (Å²) >= 11 is 12.9. The lowest BCUT2D eigenvalue weighted by Gasteiger charge is -2.22. The van der Waals surface area contributed by atoms with Gasteiger partial charge >= 0.3 is 0 Å². The zero-order chi connectivity index (χ0) is 25.0. The molecule has 0 radical (unpaired) electrons. The third-order valence-corrected chi connectivity index (χ3v) is 9.08. The van der Waals surface area contributed by atoms with Crippen LogP contribution in [0.15, 0.2) is 55.1 Å². The third kappa shape index (κ3) is 3.96. The number of hydrogen-bond donors (Lipinski definition) is 1. The van der Waals surface area contributed by atoms with Crippen molar-refractivity contribution in [2.24, 2.45) is 0 Å².